The van der Waals surface area contributed by atoms with Crippen LogP contribution in [0, 0.1) is 5.92 Å². The lowest BCUT2D eigenvalue weighted by Gasteiger charge is -2.24. The minimum absolute atomic E-state index is 0.0546. The number of ether oxygens (including phenoxy) is 1. The maximum absolute atomic E-state index is 12.2. The Balaban J connectivity index is 2.50. The zero-order valence-electron chi connectivity index (χ0n) is 11.4. The zero-order valence-corrected chi connectivity index (χ0v) is 11.4. The fourth-order valence-corrected chi connectivity index (χ4v) is 1.95. The monoisotopic (exact) mass is 256 g/mol. The molecule has 2 N–H and O–H groups in total. The van der Waals surface area contributed by atoms with Crippen molar-refractivity contribution in [2.45, 2.75) is 45.6 Å². The van der Waals surface area contributed by atoms with Crippen molar-refractivity contribution >= 4 is 11.9 Å². The van der Waals surface area contributed by atoms with Gasteiger partial charge in [0.25, 0.3) is 0 Å². The Morgan fingerprint density at radius 3 is 2.61 bits per heavy atom. The van der Waals surface area contributed by atoms with Gasteiger partial charge < -0.3 is 15.4 Å². The quantitative estimate of drug-likeness (QED) is 0.655. The van der Waals surface area contributed by atoms with Gasteiger partial charge in [-0.25, -0.2) is 0 Å². The van der Waals surface area contributed by atoms with Crippen LogP contribution in [0.2, 0.25) is 0 Å². The van der Waals surface area contributed by atoms with E-state index in [4.69, 9.17) is 10.5 Å². The largest absolute Gasteiger partial charge is 0.465 e. The van der Waals surface area contributed by atoms with E-state index in [1.165, 1.54) is 0 Å². The summed E-state index contributed by atoms with van der Waals surface area (Å²) < 4.78 is 4.91. The van der Waals surface area contributed by atoms with Crippen molar-refractivity contribution in [3.8, 4) is 0 Å². The molecule has 0 aromatic heterocycles. The number of nitrogens with two attached hydrogens (primary N) is 1. The molecule has 1 saturated carbocycles. The molecule has 1 aliphatic carbocycles. The average Bonchev–Trinajstić information content (AvgIpc) is 3.16. The first-order valence-electron chi connectivity index (χ1n) is 6.76. The fourth-order valence-electron chi connectivity index (χ4n) is 1.95. The van der Waals surface area contributed by atoms with Gasteiger partial charge >= 0.3 is 5.97 Å². The van der Waals surface area contributed by atoms with Crippen molar-refractivity contribution in [2.75, 3.05) is 19.7 Å². The molecule has 0 aromatic rings. The molecule has 1 amide bonds. The average molecular weight is 256 g/mol. The number of esters is 1. The van der Waals surface area contributed by atoms with Crippen molar-refractivity contribution in [3.05, 3.63) is 0 Å². The Morgan fingerprint density at radius 1 is 1.44 bits per heavy atom. The van der Waals surface area contributed by atoms with Gasteiger partial charge in [0, 0.05) is 12.0 Å². The molecule has 1 rings (SSSR count). The van der Waals surface area contributed by atoms with Gasteiger partial charge in [-0.2, -0.15) is 0 Å². The van der Waals surface area contributed by atoms with Gasteiger partial charge in [-0.05, 0) is 39.2 Å². The maximum atomic E-state index is 12.2. The number of nitrogens with zero attached hydrogens (tertiary/aromatic N) is 1. The lowest BCUT2D eigenvalue weighted by Crippen LogP contribution is -2.41. The zero-order chi connectivity index (χ0) is 13.5. The number of amides is 1. The Morgan fingerprint density at radius 2 is 2.11 bits per heavy atom. The van der Waals surface area contributed by atoms with Crippen LogP contribution in [-0.4, -0.2) is 42.5 Å². The summed E-state index contributed by atoms with van der Waals surface area (Å²) in [4.78, 5) is 25.4. The van der Waals surface area contributed by atoms with Crippen LogP contribution in [0.5, 0.6) is 0 Å². The topological polar surface area (TPSA) is 72.6 Å². The molecule has 0 saturated heterocycles. The number of hydrogen-bond donors (Lipinski definition) is 1. The highest BCUT2D eigenvalue weighted by molar-refractivity contribution is 5.84. The summed E-state index contributed by atoms with van der Waals surface area (Å²) in [6.45, 7) is 4.71. The van der Waals surface area contributed by atoms with Crippen LogP contribution in [0.15, 0.2) is 0 Å². The van der Waals surface area contributed by atoms with E-state index >= 15 is 0 Å². The van der Waals surface area contributed by atoms with Crippen LogP contribution in [0.1, 0.15) is 39.5 Å². The fraction of sp³-hybridized carbons (Fsp3) is 0.846. The van der Waals surface area contributed by atoms with Crippen LogP contribution in [-0.2, 0) is 14.3 Å². The summed E-state index contributed by atoms with van der Waals surface area (Å²) in [6.07, 6.45) is 3.61. The lowest BCUT2D eigenvalue weighted by molar-refractivity contribution is -0.150. The number of rotatable bonds is 8. The molecule has 0 bridgehead atoms. The molecule has 1 atom stereocenters. The van der Waals surface area contributed by atoms with Gasteiger partial charge in [0.1, 0.15) is 6.54 Å². The molecule has 5 nitrogen and oxygen atoms in total. The van der Waals surface area contributed by atoms with Crippen LogP contribution < -0.4 is 5.73 Å². The van der Waals surface area contributed by atoms with E-state index in [1.807, 2.05) is 6.92 Å². The predicted octanol–water partition coefficient (Wildman–Crippen LogP) is 0.915. The number of carbonyl (C=O) groups excluding carboxylic acids is 2. The molecule has 104 valence electrons. The summed E-state index contributed by atoms with van der Waals surface area (Å²) in [5, 5.41) is 0. The molecule has 1 fully saturated rings. The molecule has 0 radical (unpaired) electrons. The molecule has 0 heterocycles. The highest BCUT2D eigenvalue weighted by Crippen LogP contribution is 2.28. The maximum Gasteiger partial charge on any atom is 0.325 e. The van der Waals surface area contributed by atoms with Gasteiger partial charge in [0.15, 0.2) is 0 Å². The third kappa shape index (κ3) is 4.64. The van der Waals surface area contributed by atoms with Crippen molar-refractivity contribution in [3.63, 3.8) is 0 Å². The van der Waals surface area contributed by atoms with Gasteiger partial charge in [0.05, 0.1) is 6.61 Å². The molecular formula is C13H24N2O3. The van der Waals surface area contributed by atoms with Gasteiger partial charge in [-0.1, -0.05) is 6.92 Å². The molecule has 18 heavy (non-hydrogen) atoms. The van der Waals surface area contributed by atoms with Gasteiger partial charge in [0.2, 0.25) is 5.91 Å². The van der Waals surface area contributed by atoms with E-state index in [0.717, 1.165) is 25.7 Å². The summed E-state index contributed by atoms with van der Waals surface area (Å²) in [5.74, 6) is -0.327. The highest BCUT2D eigenvalue weighted by atomic mass is 16.5. The summed E-state index contributed by atoms with van der Waals surface area (Å²) in [5.41, 5.74) is 5.45. The first kappa shape index (κ1) is 15.0. The summed E-state index contributed by atoms with van der Waals surface area (Å²) >= 11 is 0. The first-order chi connectivity index (χ1) is 8.60. The van der Waals surface area contributed by atoms with Crippen LogP contribution >= 0.6 is 0 Å². The van der Waals surface area contributed by atoms with E-state index in [2.05, 4.69) is 0 Å². The highest BCUT2D eigenvalue weighted by Gasteiger charge is 2.35. The normalized spacial score (nSPS) is 16.2. The molecule has 0 aromatic carbocycles. The number of carbonyl (C=O) groups is 2. The minimum Gasteiger partial charge on any atom is -0.465 e. The second-order valence-corrected chi connectivity index (χ2v) is 4.83. The van der Waals surface area contributed by atoms with E-state index in [-0.39, 0.29) is 30.4 Å². The van der Waals surface area contributed by atoms with Gasteiger partial charge in [-0.3, -0.25) is 9.59 Å². The van der Waals surface area contributed by atoms with Crippen molar-refractivity contribution in [1.29, 1.82) is 0 Å². The van der Waals surface area contributed by atoms with E-state index in [1.54, 1.807) is 11.8 Å². The van der Waals surface area contributed by atoms with E-state index < -0.39 is 0 Å². The second kappa shape index (κ2) is 7.36. The van der Waals surface area contributed by atoms with Crippen LogP contribution in [0.4, 0.5) is 0 Å². The third-order valence-electron chi connectivity index (χ3n) is 3.14. The Labute approximate surface area is 109 Å². The van der Waals surface area contributed by atoms with Crippen LogP contribution in [0.25, 0.3) is 0 Å². The van der Waals surface area contributed by atoms with Gasteiger partial charge in [-0.15, -0.1) is 0 Å². The van der Waals surface area contributed by atoms with Crippen molar-refractivity contribution in [2.24, 2.45) is 11.7 Å². The molecule has 5 heteroatoms. The smallest absolute Gasteiger partial charge is 0.325 e. The van der Waals surface area contributed by atoms with Crippen molar-refractivity contribution < 1.29 is 14.3 Å². The predicted molar refractivity (Wildman–Crippen MR) is 68.8 cm³/mol. The third-order valence-corrected chi connectivity index (χ3v) is 3.14. The minimum atomic E-state index is -0.316. The van der Waals surface area contributed by atoms with Crippen LogP contribution in [0.3, 0.4) is 0 Å². The summed E-state index contributed by atoms with van der Waals surface area (Å²) in [6, 6.07) is 0.238. The standard InChI is InChI=1S/C13H24N2O3/c1-3-18-12(16)9-15(11-6-7-11)13(17)10(2)5-4-8-14/h10-11H,3-9,14H2,1-2H3. The SMILES string of the molecule is CCOC(=O)CN(C(=O)C(C)CCCN)C1CC1. The molecule has 0 spiro atoms. The Kier molecular flexibility index (Phi) is 6.12. The Hall–Kier alpha value is -1.10. The molecule has 1 unspecified atom stereocenters. The number of hydrogen-bond acceptors (Lipinski definition) is 4. The lowest BCUT2D eigenvalue weighted by atomic mass is 10.0. The molecule has 1 aliphatic rings. The molecular weight excluding hydrogens is 232 g/mol. The molecule has 0 aliphatic heterocycles. The first-order valence-corrected chi connectivity index (χ1v) is 6.76. The van der Waals surface area contributed by atoms with E-state index in [0.29, 0.717) is 13.2 Å². The van der Waals surface area contributed by atoms with E-state index in [9.17, 15) is 9.59 Å². The Bertz CT molecular complexity index is 290. The van der Waals surface area contributed by atoms with Crippen molar-refractivity contribution in [1.82, 2.24) is 4.90 Å². The summed E-state index contributed by atoms with van der Waals surface area (Å²) in [7, 11) is 0. The second-order valence-electron chi connectivity index (χ2n) is 4.83.